The number of primary sulfonamides is 1. The number of allylic oxidation sites excluding steroid dienone is 4. The van der Waals surface area contributed by atoms with Crippen LogP contribution >= 0.6 is 0 Å². The zero-order valence-electron chi connectivity index (χ0n) is 21.0. The van der Waals surface area contributed by atoms with Gasteiger partial charge in [-0.05, 0) is 42.3 Å². The smallest absolute Gasteiger partial charge is 0.244 e. The molecular formula is C29H23FN6O3S. The lowest BCUT2D eigenvalue weighted by atomic mass is 9.82. The molecule has 40 heavy (non-hydrogen) atoms. The first-order chi connectivity index (χ1) is 19.3. The van der Waals surface area contributed by atoms with Crippen molar-refractivity contribution in [1.82, 2.24) is 15.0 Å². The fourth-order valence-electron chi connectivity index (χ4n) is 4.68. The lowest BCUT2D eigenvalue weighted by Gasteiger charge is -2.22. The fourth-order valence-corrected chi connectivity index (χ4v) is 4.97. The van der Waals surface area contributed by atoms with Gasteiger partial charge in [0.25, 0.3) is 0 Å². The van der Waals surface area contributed by atoms with E-state index in [1.807, 2.05) is 42.5 Å². The molecule has 9 nitrogen and oxygen atoms in total. The third-order valence-electron chi connectivity index (χ3n) is 6.48. The van der Waals surface area contributed by atoms with Crippen LogP contribution in [0.4, 0.5) is 21.6 Å². The topological polar surface area (TPSA) is 132 Å². The van der Waals surface area contributed by atoms with Gasteiger partial charge >= 0.3 is 0 Å². The van der Waals surface area contributed by atoms with Gasteiger partial charge in [0.05, 0.1) is 17.6 Å². The average molecular weight is 555 g/mol. The van der Waals surface area contributed by atoms with Gasteiger partial charge in [-0.25, -0.2) is 27.9 Å². The summed E-state index contributed by atoms with van der Waals surface area (Å²) in [5.74, 6) is -0.534. The lowest BCUT2D eigenvalue weighted by molar-refractivity contribution is 0.375. The van der Waals surface area contributed by atoms with Crippen LogP contribution in [-0.4, -0.2) is 35.0 Å². The van der Waals surface area contributed by atoms with Gasteiger partial charge in [0, 0.05) is 40.7 Å². The Morgan fingerprint density at radius 1 is 1.02 bits per heavy atom. The molecule has 1 aliphatic heterocycles. The third kappa shape index (κ3) is 5.37. The molecule has 4 aromatic rings. The second-order valence-electron chi connectivity index (χ2n) is 9.29. The summed E-state index contributed by atoms with van der Waals surface area (Å²) in [4.78, 5) is 18.1. The Morgan fingerprint density at radius 3 is 2.60 bits per heavy atom. The highest BCUT2D eigenvalue weighted by Gasteiger charge is 2.31. The van der Waals surface area contributed by atoms with Gasteiger partial charge in [-0.3, -0.25) is 9.98 Å². The van der Waals surface area contributed by atoms with E-state index in [9.17, 15) is 12.8 Å². The summed E-state index contributed by atoms with van der Waals surface area (Å²) < 4.78 is 43.2. The molecule has 1 atom stereocenters. The number of fused-ring (bicyclic) bond motifs is 3. The maximum Gasteiger partial charge on any atom is 0.244 e. The number of aliphatic imine (C=N–C) groups is 1. The van der Waals surface area contributed by atoms with Crippen molar-refractivity contribution in [3.8, 4) is 5.75 Å². The molecule has 0 amide bonds. The summed E-state index contributed by atoms with van der Waals surface area (Å²) in [6, 6.07) is 18.0. The molecule has 0 saturated carbocycles. The first-order valence-corrected chi connectivity index (χ1v) is 14.1. The van der Waals surface area contributed by atoms with Crippen LogP contribution in [0.3, 0.4) is 0 Å². The minimum atomic E-state index is -3.90. The van der Waals surface area contributed by atoms with E-state index in [4.69, 9.17) is 19.9 Å². The van der Waals surface area contributed by atoms with Gasteiger partial charge in [-0.2, -0.15) is 0 Å². The summed E-state index contributed by atoms with van der Waals surface area (Å²) in [5, 5.41) is 8.27. The first-order valence-electron chi connectivity index (χ1n) is 12.4. The largest absolute Gasteiger partial charge is 0.471 e. The number of nitrogens with two attached hydrogens (primary N) is 1. The van der Waals surface area contributed by atoms with E-state index in [0.29, 0.717) is 29.1 Å². The van der Waals surface area contributed by atoms with Gasteiger partial charge < -0.3 is 10.1 Å². The van der Waals surface area contributed by atoms with Crippen LogP contribution in [0.25, 0.3) is 11.1 Å². The Labute approximate surface area is 230 Å². The standard InChI is InChI=1S/C29H23FN6O3S/c30-24-7-3-1-5-18(24)13-19-14-20(15-23-22-6-2-4-8-25(22)35-27(19)23)28-33-16-26(39-17-40(31,37)38)29(36-28)34-21-9-11-32-12-10-21/h1-12,14-16,19H,13,17H2,(H2,31,37,38)(H,32,33,34,36). The normalized spacial score (nSPS) is 15.8. The molecule has 0 bridgehead atoms. The molecule has 2 aromatic heterocycles. The average Bonchev–Trinajstić information content (AvgIpc) is 3.33. The van der Waals surface area contributed by atoms with Gasteiger partial charge in [0.15, 0.2) is 17.4 Å². The molecule has 1 aliphatic carbocycles. The number of para-hydroxylation sites is 1. The van der Waals surface area contributed by atoms with E-state index in [1.165, 1.54) is 12.3 Å². The molecule has 11 heteroatoms. The lowest BCUT2D eigenvalue weighted by Crippen LogP contribution is -2.21. The zero-order chi connectivity index (χ0) is 27.7. The quantitative estimate of drug-likeness (QED) is 0.320. The summed E-state index contributed by atoms with van der Waals surface area (Å²) >= 11 is 0. The number of rotatable bonds is 8. The number of aromatic nitrogens is 3. The number of nitrogens with one attached hydrogen (secondary N) is 1. The zero-order valence-corrected chi connectivity index (χ0v) is 21.8. The van der Waals surface area contributed by atoms with Crippen molar-refractivity contribution in [1.29, 1.82) is 0 Å². The molecule has 200 valence electrons. The monoisotopic (exact) mass is 554 g/mol. The molecule has 2 aliphatic rings. The minimum absolute atomic E-state index is 0.106. The van der Waals surface area contributed by atoms with Crippen LogP contribution in [0.1, 0.15) is 17.0 Å². The number of benzene rings is 2. The summed E-state index contributed by atoms with van der Waals surface area (Å²) in [6.07, 6.45) is 8.96. The highest BCUT2D eigenvalue weighted by Crippen LogP contribution is 2.43. The summed E-state index contributed by atoms with van der Waals surface area (Å²) in [7, 11) is -3.90. The minimum Gasteiger partial charge on any atom is -0.471 e. The molecule has 0 radical (unpaired) electrons. The van der Waals surface area contributed by atoms with Crippen LogP contribution in [0.15, 0.2) is 96.4 Å². The van der Waals surface area contributed by atoms with E-state index < -0.39 is 16.0 Å². The summed E-state index contributed by atoms with van der Waals surface area (Å²) in [6.45, 7) is 0. The van der Waals surface area contributed by atoms with Crippen LogP contribution in [0.2, 0.25) is 0 Å². The van der Waals surface area contributed by atoms with Gasteiger partial charge in [0.2, 0.25) is 16.0 Å². The van der Waals surface area contributed by atoms with Crippen molar-refractivity contribution in [3.05, 3.63) is 114 Å². The maximum absolute atomic E-state index is 14.7. The molecule has 0 spiro atoms. The van der Waals surface area contributed by atoms with Crippen LogP contribution in [0.5, 0.6) is 5.75 Å². The number of halogens is 1. The highest BCUT2D eigenvalue weighted by molar-refractivity contribution is 7.88. The van der Waals surface area contributed by atoms with Gasteiger partial charge in [-0.1, -0.05) is 42.5 Å². The van der Waals surface area contributed by atoms with Gasteiger partial charge in [-0.15, -0.1) is 0 Å². The summed E-state index contributed by atoms with van der Waals surface area (Å²) in [5.41, 5.74) is 5.56. The second-order valence-corrected chi connectivity index (χ2v) is 10.9. The Hall–Kier alpha value is -4.74. The van der Waals surface area contributed by atoms with Crippen molar-refractivity contribution in [2.24, 2.45) is 16.0 Å². The predicted octanol–water partition coefficient (Wildman–Crippen LogP) is 4.80. The van der Waals surface area contributed by atoms with E-state index in [2.05, 4.69) is 15.3 Å². The fraction of sp³-hybridized carbons (Fsp3) is 0.103. The van der Waals surface area contributed by atoms with Crippen molar-refractivity contribution < 1.29 is 17.5 Å². The van der Waals surface area contributed by atoms with E-state index in [-0.39, 0.29) is 23.3 Å². The number of nitrogens with zero attached hydrogens (tertiary/aromatic N) is 4. The number of anilines is 2. The van der Waals surface area contributed by atoms with Gasteiger partial charge in [0.1, 0.15) is 5.82 Å². The maximum atomic E-state index is 14.7. The number of pyridine rings is 1. The molecule has 3 heterocycles. The number of ether oxygens (including phenoxy) is 1. The number of sulfonamides is 1. The van der Waals surface area contributed by atoms with Crippen molar-refractivity contribution >= 4 is 44.1 Å². The number of hydrogen-bond acceptors (Lipinski definition) is 8. The van der Waals surface area contributed by atoms with Crippen LogP contribution in [-0.2, 0) is 16.4 Å². The van der Waals surface area contributed by atoms with Crippen LogP contribution < -0.4 is 15.2 Å². The van der Waals surface area contributed by atoms with E-state index in [0.717, 1.165) is 22.5 Å². The highest BCUT2D eigenvalue weighted by atomic mass is 32.2. The Morgan fingerprint density at radius 2 is 1.80 bits per heavy atom. The Bertz CT molecular complexity index is 1810. The third-order valence-corrected chi connectivity index (χ3v) is 6.92. The van der Waals surface area contributed by atoms with E-state index in [1.54, 1.807) is 36.7 Å². The molecule has 6 rings (SSSR count). The van der Waals surface area contributed by atoms with Crippen molar-refractivity contribution in [2.75, 3.05) is 11.3 Å². The van der Waals surface area contributed by atoms with Crippen molar-refractivity contribution in [3.63, 3.8) is 0 Å². The second kappa shape index (κ2) is 10.4. The first kappa shape index (κ1) is 25.5. The molecule has 0 saturated heterocycles. The molecule has 1 unspecified atom stereocenters. The van der Waals surface area contributed by atoms with Crippen LogP contribution in [0, 0.1) is 11.7 Å². The van der Waals surface area contributed by atoms with E-state index >= 15 is 0 Å². The molecular weight excluding hydrogens is 531 g/mol. The Balaban J connectivity index is 1.43. The number of hydrogen-bond donors (Lipinski definition) is 2. The van der Waals surface area contributed by atoms with Crippen molar-refractivity contribution in [2.45, 2.75) is 6.42 Å². The SMILES string of the molecule is NS(=O)(=O)COc1cnc(C2=CC(Cc3ccccc3F)C3=Nc4ccccc4C3=C2)nc1Nc1ccncc1. The molecule has 0 fully saturated rings. The predicted molar refractivity (Wildman–Crippen MR) is 151 cm³/mol. The Kier molecular flexibility index (Phi) is 6.66. The molecule has 3 N–H and O–H groups in total. The molecule has 2 aromatic carbocycles.